The first-order chi connectivity index (χ1) is 14.4. The molecule has 2 N–H and O–H groups in total. The van der Waals surface area contributed by atoms with Crippen molar-refractivity contribution in [2.45, 2.75) is 30.1 Å². The average Bonchev–Trinajstić information content (AvgIpc) is 3.33. The fourth-order valence-corrected chi connectivity index (χ4v) is 6.61. The molecule has 4 rings (SSSR count). The molecule has 1 fully saturated rings. The van der Waals surface area contributed by atoms with Gasteiger partial charge in [0.2, 0.25) is 10.0 Å². The Hall–Kier alpha value is -1.20. The van der Waals surface area contributed by atoms with Gasteiger partial charge in [0.1, 0.15) is 11.0 Å². The zero-order chi connectivity index (χ0) is 21.3. The molecule has 1 saturated heterocycles. The number of hydrogen-bond acceptors (Lipinski definition) is 7. The fourth-order valence-electron chi connectivity index (χ4n) is 4.10. The molecular weight excluding hydrogens is 446 g/mol. The predicted octanol–water partition coefficient (Wildman–Crippen LogP) is 1.93. The lowest BCUT2D eigenvalue weighted by molar-refractivity contribution is 0.0217. The third kappa shape index (κ3) is 4.52. The van der Waals surface area contributed by atoms with Crippen LogP contribution in [0, 0.1) is 0 Å². The third-order valence-corrected chi connectivity index (χ3v) is 8.52. The van der Waals surface area contributed by atoms with Crippen molar-refractivity contribution in [3.8, 4) is 0 Å². The summed E-state index contributed by atoms with van der Waals surface area (Å²) in [6.45, 7) is 3.38. The minimum absolute atomic E-state index is 0.123. The fraction of sp³-hybridized carbons (Fsp3) is 0.500. The van der Waals surface area contributed by atoms with E-state index in [0.29, 0.717) is 30.3 Å². The van der Waals surface area contributed by atoms with E-state index in [0.717, 1.165) is 19.5 Å². The Morgan fingerprint density at radius 2 is 2.17 bits per heavy atom. The molecule has 1 aromatic heterocycles. The lowest BCUT2D eigenvalue weighted by Gasteiger charge is -2.27. The van der Waals surface area contributed by atoms with Gasteiger partial charge in [-0.15, -0.1) is 11.3 Å². The second-order valence-corrected chi connectivity index (χ2v) is 10.8. The minimum Gasteiger partial charge on any atom is -0.388 e. The number of benzene rings is 1. The maximum absolute atomic E-state index is 13.1. The van der Waals surface area contributed by atoms with E-state index in [-0.39, 0.29) is 17.5 Å². The predicted molar refractivity (Wildman–Crippen MR) is 119 cm³/mol. The van der Waals surface area contributed by atoms with E-state index >= 15 is 0 Å². The number of aliphatic hydroxyl groups is 1. The van der Waals surface area contributed by atoms with E-state index in [1.165, 1.54) is 17.6 Å². The number of aliphatic hydroxyl groups excluding tert-OH is 1. The molecule has 7 nitrogen and oxygen atoms in total. The highest BCUT2D eigenvalue weighted by molar-refractivity contribution is 7.89. The molecule has 2 aromatic rings. The Labute approximate surface area is 186 Å². The Balaban J connectivity index is 1.45. The molecule has 0 bridgehead atoms. The number of nitrogens with one attached hydrogen (secondary N) is 1. The van der Waals surface area contributed by atoms with Crippen LogP contribution in [0.2, 0.25) is 5.02 Å². The largest absolute Gasteiger partial charge is 0.388 e. The Kier molecular flexibility index (Phi) is 6.69. The molecule has 0 spiro atoms. The van der Waals surface area contributed by atoms with Crippen molar-refractivity contribution in [2.75, 3.05) is 44.7 Å². The van der Waals surface area contributed by atoms with Crippen LogP contribution in [0.1, 0.15) is 10.4 Å². The summed E-state index contributed by atoms with van der Waals surface area (Å²) in [5, 5.41) is 12.6. The summed E-state index contributed by atoms with van der Waals surface area (Å²) in [5.74, 6) is 0. The number of hydrogen-bond donors (Lipinski definition) is 2. The molecule has 0 unspecified atom stereocenters. The number of ether oxygens (including phenoxy) is 1. The van der Waals surface area contributed by atoms with Crippen LogP contribution >= 0.6 is 22.9 Å². The van der Waals surface area contributed by atoms with E-state index in [1.807, 2.05) is 0 Å². The standard InChI is InChI=1S/C20H26ClN3O4S2/c1-28-17-13-24(12-16(17)25)20-15(21)3-2-4-19(20)30(26,27)22-7-9-23-8-5-18-14(11-23)6-10-29-18/h2-4,6,10,16-17,22,25H,5,7-9,11-13H2,1H3/t16-,17-/m1/s1. The number of fused-ring (bicyclic) bond motifs is 1. The number of methoxy groups -OCH3 is 1. The molecule has 1 aromatic carbocycles. The van der Waals surface area contributed by atoms with Crippen molar-refractivity contribution < 1.29 is 18.3 Å². The highest BCUT2D eigenvalue weighted by atomic mass is 35.5. The molecule has 2 atom stereocenters. The average molecular weight is 472 g/mol. The number of sulfonamides is 1. The first-order valence-corrected chi connectivity index (χ1v) is 12.6. The summed E-state index contributed by atoms with van der Waals surface area (Å²) in [5.41, 5.74) is 1.75. The summed E-state index contributed by atoms with van der Waals surface area (Å²) >= 11 is 8.17. The van der Waals surface area contributed by atoms with Crippen LogP contribution in [-0.4, -0.2) is 70.5 Å². The molecule has 3 heterocycles. The highest BCUT2D eigenvalue weighted by Gasteiger charge is 2.35. The maximum Gasteiger partial charge on any atom is 0.242 e. The molecule has 2 aliphatic rings. The molecule has 0 aliphatic carbocycles. The Bertz CT molecular complexity index is 998. The first kappa shape index (κ1) is 22.0. The summed E-state index contributed by atoms with van der Waals surface area (Å²) < 4.78 is 34.2. The van der Waals surface area contributed by atoms with Crippen molar-refractivity contribution in [3.05, 3.63) is 45.1 Å². The number of rotatable bonds is 7. The highest BCUT2D eigenvalue weighted by Crippen LogP contribution is 2.35. The SMILES string of the molecule is CO[C@@H]1CN(c2c(Cl)cccc2S(=O)(=O)NCCN2CCc3sccc3C2)C[C@H]1O. The van der Waals surface area contributed by atoms with Gasteiger partial charge in [0.15, 0.2) is 0 Å². The number of para-hydroxylation sites is 1. The van der Waals surface area contributed by atoms with Crippen molar-refractivity contribution in [2.24, 2.45) is 0 Å². The van der Waals surface area contributed by atoms with Crippen molar-refractivity contribution in [3.63, 3.8) is 0 Å². The van der Waals surface area contributed by atoms with Crippen LogP contribution in [0.4, 0.5) is 5.69 Å². The van der Waals surface area contributed by atoms with Gasteiger partial charge in [0, 0.05) is 51.3 Å². The number of halogens is 1. The van der Waals surface area contributed by atoms with Gasteiger partial charge in [-0.25, -0.2) is 13.1 Å². The summed E-state index contributed by atoms with van der Waals surface area (Å²) in [4.78, 5) is 5.59. The summed E-state index contributed by atoms with van der Waals surface area (Å²) in [6, 6.07) is 6.99. The monoisotopic (exact) mass is 471 g/mol. The molecule has 164 valence electrons. The van der Waals surface area contributed by atoms with Gasteiger partial charge in [-0.05, 0) is 35.6 Å². The first-order valence-electron chi connectivity index (χ1n) is 9.90. The van der Waals surface area contributed by atoms with Gasteiger partial charge >= 0.3 is 0 Å². The molecule has 10 heteroatoms. The van der Waals surface area contributed by atoms with E-state index in [2.05, 4.69) is 21.1 Å². The Morgan fingerprint density at radius 3 is 2.93 bits per heavy atom. The maximum atomic E-state index is 13.1. The lowest BCUT2D eigenvalue weighted by Crippen LogP contribution is -2.37. The van der Waals surface area contributed by atoms with Crippen LogP contribution in [0.15, 0.2) is 34.5 Å². The summed E-state index contributed by atoms with van der Waals surface area (Å²) in [6.07, 6.45) is -0.0716. The van der Waals surface area contributed by atoms with Crippen molar-refractivity contribution in [1.29, 1.82) is 0 Å². The third-order valence-electron chi connectivity index (χ3n) is 5.70. The van der Waals surface area contributed by atoms with Crippen LogP contribution in [0.25, 0.3) is 0 Å². The van der Waals surface area contributed by atoms with E-state index < -0.39 is 16.1 Å². The molecular formula is C20H26ClN3O4S2. The number of nitrogens with zero attached hydrogens (tertiary/aromatic N) is 2. The number of thiophene rings is 1. The van der Waals surface area contributed by atoms with Gasteiger partial charge in [-0.2, -0.15) is 0 Å². The molecule has 0 amide bonds. The topological polar surface area (TPSA) is 82.1 Å². The second-order valence-electron chi connectivity index (χ2n) is 7.63. The second kappa shape index (κ2) is 9.12. The zero-order valence-electron chi connectivity index (χ0n) is 16.8. The van der Waals surface area contributed by atoms with E-state index in [9.17, 15) is 13.5 Å². The Morgan fingerprint density at radius 1 is 1.33 bits per heavy atom. The number of β-amino-alcohol motifs (C(OH)–C–C–N with tert-alkyl or cyclic N) is 1. The van der Waals surface area contributed by atoms with Gasteiger partial charge in [-0.1, -0.05) is 17.7 Å². The van der Waals surface area contributed by atoms with Gasteiger partial charge < -0.3 is 14.7 Å². The van der Waals surface area contributed by atoms with Crippen LogP contribution in [0.5, 0.6) is 0 Å². The quantitative estimate of drug-likeness (QED) is 0.642. The molecule has 0 saturated carbocycles. The van der Waals surface area contributed by atoms with Crippen molar-refractivity contribution in [1.82, 2.24) is 9.62 Å². The zero-order valence-corrected chi connectivity index (χ0v) is 19.1. The lowest BCUT2D eigenvalue weighted by atomic mass is 10.1. The molecule has 2 aliphatic heterocycles. The van der Waals surface area contributed by atoms with E-state index in [1.54, 1.807) is 34.4 Å². The van der Waals surface area contributed by atoms with E-state index in [4.69, 9.17) is 16.3 Å². The van der Waals surface area contributed by atoms with Gasteiger partial charge in [0.05, 0.1) is 16.8 Å². The minimum atomic E-state index is -3.77. The van der Waals surface area contributed by atoms with Crippen LogP contribution in [0.3, 0.4) is 0 Å². The van der Waals surface area contributed by atoms with Gasteiger partial charge in [0.25, 0.3) is 0 Å². The number of anilines is 1. The van der Waals surface area contributed by atoms with Gasteiger partial charge in [-0.3, -0.25) is 4.90 Å². The normalized spacial score (nSPS) is 22.4. The molecule has 0 radical (unpaired) electrons. The molecule has 30 heavy (non-hydrogen) atoms. The van der Waals surface area contributed by atoms with Crippen LogP contribution < -0.4 is 9.62 Å². The van der Waals surface area contributed by atoms with Crippen LogP contribution in [-0.2, 0) is 27.7 Å². The van der Waals surface area contributed by atoms with Crippen molar-refractivity contribution >= 4 is 38.6 Å². The summed E-state index contributed by atoms with van der Waals surface area (Å²) in [7, 11) is -2.24. The smallest absolute Gasteiger partial charge is 0.242 e.